The third-order valence-corrected chi connectivity index (χ3v) is 7.85. The number of hydrogen-bond donors (Lipinski definition) is 0. The zero-order valence-electron chi connectivity index (χ0n) is 22.6. The highest BCUT2D eigenvalue weighted by atomic mass is 19.1. The van der Waals surface area contributed by atoms with Crippen LogP contribution in [0.15, 0.2) is 48.5 Å². The van der Waals surface area contributed by atoms with E-state index in [1.807, 2.05) is 34.1 Å². The zero-order chi connectivity index (χ0) is 26.6. The van der Waals surface area contributed by atoms with Gasteiger partial charge < -0.3 is 19.4 Å². The summed E-state index contributed by atoms with van der Waals surface area (Å²) in [6, 6.07) is 13.9. The molecule has 2 saturated heterocycles. The molecule has 7 heteroatoms. The summed E-state index contributed by atoms with van der Waals surface area (Å²) < 4.78 is 19.4. The first kappa shape index (κ1) is 27.1. The van der Waals surface area contributed by atoms with E-state index in [1.54, 1.807) is 12.1 Å². The van der Waals surface area contributed by atoms with Gasteiger partial charge in [-0.25, -0.2) is 4.39 Å². The third kappa shape index (κ3) is 6.89. The van der Waals surface area contributed by atoms with E-state index in [9.17, 15) is 14.0 Å². The average Bonchev–Trinajstić information content (AvgIpc) is 2.88. The number of likely N-dealkylation sites (N-methyl/N-ethyl adjacent to an activating group) is 1. The van der Waals surface area contributed by atoms with Crippen LogP contribution in [0.3, 0.4) is 0 Å². The third-order valence-electron chi connectivity index (χ3n) is 7.85. The van der Waals surface area contributed by atoms with Crippen molar-refractivity contribution in [3.05, 3.63) is 65.5 Å². The minimum Gasteiger partial charge on any atom is -0.493 e. The number of benzene rings is 2. The highest BCUT2D eigenvalue weighted by molar-refractivity contribution is 5.94. The van der Waals surface area contributed by atoms with Crippen molar-refractivity contribution in [2.75, 3.05) is 52.9 Å². The zero-order valence-corrected chi connectivity index (χ0v) is 22.6. The van der Waals surface area contributed by atoms with Crippen LogP contribution in [0, 0.1) is 11.2 Å². The van der Waals surface area contributed by atoms with Gasteiger partial charge in [0.1, 0.15) is 11.6 Å². The Bertz CT molecular complexity index is 1060. The predicted molar refractivity (Wildman–Crippen MR) is 143 cm³/mol. The minimum atomic E-state index is -0.373. The highest BCUT2D eigenvalue weighted by Crippen LogP contribution is 2.37. The molecule has 6 nitrogen and oxygen atoms in total. The maximum Gasteiger partial charge on any atom is 0.253 e. The fourth-order valence-corrected chi connectivity index (χ4v) is 5.11. The smallest absolute Gasteiger partial charge is 0.253 e. The van der Waals surface area contributed by atoms with Gasteiger partial charge in [-0.2, -0.15) is 0 Å². The number of hydrogen-bond acceptors (Lipinski definition) is 4. The Labute approximate surface area is 220 Å². The molecule has 37 heavy (non-hydrogen) atoms. The lowest BCUT2D eigenvalue weighted by atomic mass is 9.75. The molecule has 0 spiro atoms. The van der Waals surface area contributed by atoms with Crippen LogP contribution in [0.2, 0.25) is 0 Å². The summed E-state index contributed by atoms with van der Waals surface area (Å²) in [5.74, 6) is 0.451. The number of likely N-dealkylation sites (tertiary alicyclic amines) is 1. The second-order valence-electron chi connectivity index (χ2n) is 11.7. The largest absolute Gasteiger partial charge is 0.493 e. The molecule has 0 radical (unpaired) electrons. The Morgan fingerprint density at radius 3 is 2.03 bits per heavy atom. The molecule has 0 N–H and O–H groups in total. The molecule has 0 bridgehead atoms. The Morgan fingerprint density at radius 1 is 0.865 bits per heavy atom. The van der Waals surface area contributed by atoms with Crippen molar-refractivity contribution in [3.63, 3.8) is 0 Å². The first-order valence-electron chi connectivity index (χ1n) is 13.3. The molecule has 0 aliphatic carbocycles. The van der Waals surface area contributed by atoms with Crippen LogP contribution >= 0.6 is 0 Å². The van der Waals surface area contributed by atoms with Crippen LogP contribution < -0.4 is 4.74 Å². The van der Waals surface area contributed by atoms with Gasteiger partial charge in [0.15, 0.2) is 0 Å². The summed E-state index contributed by atoms with van der Waals surface area (Å²) in [6.07, 6.45) is 1.75. The molecule has 0 saturated carbocycles. The lowest BCUT2D eigenvalue weighted by Gasteiger charge is -2.42. The quantitative estimate of drug-likeness (QED) is 0.572. The number of piperidine rings is 1. The molecule has 2 aromatic carbocycles. The molecular weight excluding hydrogens is 469 g/mol. The summed E-state index contributed by atoms with van der Waals surface area (Å²) in [5.41, 5.74) is 1.55. The fourth-order valence-electron chi connectivity index (χ4n) is 5.11. The fraction of sp³-hybridized carbons (Fsp3) is 0.533. The van der Waals surface area contributed by atoms with Crippen molar-refractivity contribution in [3.8, 4) is 5.75 Å². The van der Waals surface area contributed by atoms with Gasteiger partial charge in [0.25, 0.3) is 5.91 Å². The number of carbonyl (C=O) groups is 2. The summed E-state index contributed by atoms with van der Waals surface area (Å²) in [6.45, 7) is 11.2. The predicted octanol–water partition coefficient (Wildman–Crippen LogP) is 4.59. The standard InChI is InChI=1S/C30H40FN3O3/c1-29(2,3)24-7-5-23(6-8-24)28(36)34-15-13-30(14-16-34,22-37-26-11-9-25(31)10-12-26)21-27(35)33-19-17-32(4)18-20-33/h5-12H,13-22H2,1-4H3. The Kier molecular flexibility index (Phi) is 8.22. The average molecular weight is 510 g/mol. The molecular formula is C30H40FN3O3. The monoisotopic (exact) mass is 509 g/mol. The van der Waals surface area contributed by atoms with Gasteiger partial charge in [-0.3, -0.25) is 9.59 Å². The Balaban J connectivity index is 1.43. The Hall–Kier alpha value is -2.93. The van der Waals surface area contributed by atoms with Crippen molar-refractivity contribution in [1.82, 2.24) is 14.7 Å². The van der Waals surface area contributed by atoms with Crippen molar-refractivity contribution in [2.45, 2.75) is 45.4 Å². The van der Waals surface area contributed by atoms with E-state index in [-0.39, 0.29) is 28.5 Å². The van der Waals surface area contributed by atoms with E-state index < -0.39 is 0 Å². The number of ether oxygens (including phenoxy) is 1. The number of rotatable bonds is 6. The number of amides is 2. The molecule has 0 atom stereocenters. The summed E-state index contributed by atoms with van der Waals surface area (Å²) in [4.78, 5) is 32.6. The van der Waals surface area contributed by atoms with Crippen molar-refractivity contribution in [1.29, 1.82) is 0 Å². The summed E-state index contributed by atoms with van der Waals surface area (Å²) >= 11 is 0. The maximum atomic E-state index is 13.4. The van der Waals surface area contributed by atoms with Gasteiger partial charge in [0.05, 0.1) is 6.61 Å². The van der Waals surface area contributed by atoms with E-state index in [0.29, 0.717) is 50.3 Å². The molecule has 2 fully saturated rings. The van der Waals surface area contributed by atoms with Crippen LogP contribution in [-0.4, -0.2) is 79.4 Å². The molecule has 0 unspecified atom stereocenters. The first-order valence-corrected chi connectivity index (χ1v) is 13.3. The van der Waals surface area contributed by atoms with Crippen molar-refractivity contribution < 1.29 is 18.7 Å². The summed E-state index contributed by atoms with van der Waals surface area (Å²) in [5, 5.41) is 0. The van der Waals surface area contributed by atoms with Crippen molar-refractivity contribution in [2.24, 2.45) is 5.41 Å². The van der Waals surface area contributed by atoms with Crippen LogP contribution in [-0.2, 0) is 10.2 Å². The molecule has 2 amide bonds. The molecule has 200 valence electrons. The van der Waals surface area contributed by atoms with E-state index in [2.05, 4.69) is 32.7 Å². The SMILES string of the molecule is CN1CCN(C(=O)CC2(COc3ccc(F)cc3)CCN(C(=O)c3ccc(C(C)(C)C)cc3)CC2)CC1. The lowest BCUT2D eigenvalue weighted by molar-refractivity contribution is -0.136. The van der Waals surface area contributed by atoms with Gasteiger partial charge in [-0.05, 0) is 67.3 Å². The summed E-state index contributed by atoms with van der Waals surface area (Å²) in [7, 11) is 2.07. The number of nitrogens with zero attached hydrogens (tertiary/aromatic N) is 3. The van der Waals surface area contributed by atoms with Gasteiger partial charge in [0, 0.05) is 56.7 Å². The van der Waals surface area contributed by atoms with Crippen LogP contribution in [0.25, 0.3) is 0 Å². The maximum absolute atomic E-state index is 13.4. The molecule has 4 rings (SSSR count). The molecule has 2 heterocycles. The second-order valence-corrected chi connectivity index (χ2v) is 11.7. The van der Waals surface area contributed by atoms with Crippen LogP contribution in [0.1, 0.15) is 56.0 Å². The molecule has 2 aliphatic heterocycles. The topological polar surface area (TPSA) is 53.1 Å². The van der Waals surface area contributed by atoms with Crippen molar-refractivity contribution >= 4 is 11.8 Å². The lowest BCUT2D eigenvalue weighted by Crippen LogP contribution is -2.51. The molecule has 2 aliphatic rings. The number of halogens is 1. The van der Waals surface area contributed by atoms with Gasteiger partial charge in [-0.15, -0.1) is 0 Å². The van der Waals surface area contributed by atoms with Gasteiger partial charge in [0.2, 0.25) is 5.91 Å². The van der Waals surface area contributed by atoms with Crippen LogP contribution in [0.5, 0.6) is 5.75 Å². The van der Waals surface area contributed by atoms with E-state index in [0.717, 1.165) is 26.2 Å². The van der Waals surface area contributed by atoms with E-state index >= 15 is 0 Å². The minimum absolute atomic E-state index is 0.0268. The number of carbonyl (C=O) groups excluding carboxylic acids is 2. The molecule has 0 aromatic heterocycles. The highest BCUT2D eigenvalue weighted by Gasteiger charge is 2.40. The van der Waals surface area contributed by atoms with E-state index in [4.69, 9.17) is 4.74 Å². The van der Waals surface area contributed by atoms with Gasteiger partial charge in [-0.1, -0.05) is 32.9 Å². The Morgan fingerprint density at radius 2 is 1.46 bits per heavy atom. The second kappa shape index (κ2) is 11.2. The normalized spacial score (nSPS) is 18.5. The van der Waals surface area contributed by atoms with Gasteiger partial charge >= 0.3 is 0 Å². The number of piperazine rings is 1. The molecule has 2 aromatic rings. The van der Waals surface area contributed by atoms with Crippen LogP contribution in [0.4, 0.5) is 4.39 Å². The van der Waals surface area contributed by atoms with E-state index in [1.165, 1.54) is 17.7 Å². The first-order chi connectivity index (χ1) is 17.5.